The molecule has 1 aliphatic heterocycles. The lowest BCUT2D eigenvalue weighted by molar-refractivity contribution is 0.233. The van der Waals surface area contributed by atoms with E-state index >= 15 is 0 Å². The number of hydrogen-bond donors (Lipinski definition) is 1. The molecule has 1 fully saturated rings. The van der Waals surface area contributed by atoms with Gasteiger partial charge in [0.25, 0.3) is 0 Å². The Bertz CT molecular complexity index is 340. The summed E-state index contributed by atoms with van der Waals surface area (Å²) in [6, 6.07) is 0. The van der Waals surface area contributed by atoms with Gasteiger partial charge in [-0.2, -0.15) is 0 Å². The zero-order chi connectivity index (χ0) is 11.5. The molecule has 0 aromatic carbocycles. The SMILES string of the molecule is Cc1nc(CN2CCNCC2)sc1C(C)C. The molecule has 16 heavy (non-hydrogen) atoms. The Morgan fingerprint density at radius 3 is 2.62 bits per heavy atom. The van der Waals surface area contributed by atoms with Gasteiger partial charge in [-0.1, -0.05) is 13.8 Å². The zero-order valence-electron chi connectivity index (χ0n) is 10.4. The normalized spacial score (nSPS) is 18.2. The molecule has 0 unspecified atom stereocenters. The first-order valence-electron chi connectivity index (χ1n) is 6.06. The molecule has 0 spiro atoms. The Morgan fingerprint density at radius 1 is 1.38 bits per heavy atom. The minimum absolute atomic E-state index is 0.606. The van der Waals surface area contributed by atoms with Crippen molar-refractivity contribution in [2.24, 2.45) is 0 Å². The number of rotatable bonds is 3. The number of hydrogen-bond acceptors (Lipinski definition) is 4. The number of piperazine rings is 1. The van der Waals surface area contributed by atoms with Crippen molar-refractivity contribution in [2.75, 3.05) is 26.2 Å². The summed E-state index contributed by atoms with van der Waals surface area (Å²) in [4.78, 5) is 8.62. The van der Waals surface area contributed by atoms with Gasteiger partial charge < -0.3 is 5.32 Å². The molecule has 4 heteroatoms. The van der Waals surface area contributed by atoms with Crippen molar-refractivity contribution in [1.82, 2.24) is 15.2 Å². The molecule has 0 radical (unpaired) electrons. The van der Waals surface area contributed by atoms with Gasteiger partial charge in [-0.3, -0.25) is 4.90 Å². The summed E-state index contributed by atoms with van der Waals surface area (Å²) in [5, 5.41) is 4.66. The van der Waals surface area contributed by atoms with E-state index in [4.69, 9.17) is 0 Å². The van der Waals surface area contributed by atoms with E-state index in [1.165, 1.54) is 15.6 Å². The summed E-state index contributed by atoms with van der Waals surface area (Å²) < 4.78 is 0. The second-order valence-electron chi connectivity index (χ2n) is 4.74. The van der Waals surface area contributed by atoms with Gasteiger partial charge in [-0.05, 0) is 12.8 Å². The van der Waals surface area contributed by atoms with E-state index in [-0.39, 0.29) is 0 Å². The van der Waals surface area contributed by atoms with Crippen LogP contribution in [0.5, 0.6) is 0 Å². The molecule has 0 bridgehead atoms. The maximum absolute atomic E-state index is 4.68. The van der Waals surface area contributed by atoms with E-state index in [2.05, 4.69) is 36.0 Å². The quantitative estimate of drug-likeness (QED) is 0.874. The van der Waals surface area contributed by atoms with Crippen LogP contribution in [0.15, 0.2) is 0 Å². The van der Waals surface area contributed by atoms with Crippen LogP contribution in [-0.2, 0) is 6.54 Å². The van der Waals surface area contributed by atoms with Crippen molar-refractivity contribution in [3.63, 3.8) is 0 Å². The number of thiazole rings is 1. The summed E-state index contributed by atoms with van der Waals surface area (Å²) >= 11 is 1.89. The first-order chi connectivity index (χ1) is 7.66. The summed E-state index contributed by atoms with van der Waals surface area (Å²) in [5.74, 6) is 0.606. The minimum atomic E-state index is 0.606. The number of nitrogens with one attached hydrogen (secondary N) is 1. The van der Waals surface area contributed by atoms with Gasteiger partial charge in [0.1, 0.15) is 5.01 Å². The fraction of sp³-hybridized carbons (Fsp3) is 0.750. The highest BCUT2D eigenvalue weighted by atomic mass is 32.1. The second-order valence-corrected chi connectivity index (χ2v) is 5.85. The van der Waals surface area contributed by atoms with Gasteiger partial charge in [-0.15, -0.1) is 11.3 Å². The van der Waals surface area contributed by atoms with Crippen LogP contribution in [-0.4, -0.2) is 36.1 Å². The Balaban J connectivity index is 2.01. The molecule has 0 atom stereocenters. The van der Waals surface area contributed by atoms with Crippen molar-refractivity contribution >= 4 is 11.3 Å². The molecule has 90 valence electrons. The highest BCUT2D eigenvalue weighted by molar-refractivity contribution is 7.11. The molecule has 1 aliphatic rings. The van der Waals surface area contributed by atoms with E-state index in [1.54, 1.807) is 0 Å². The lowest BCUT2D eigenvalue weighted by Gasteiger charge is -2.26. The van der Waals surface area contributed by atoms with Crippen LogP contribution in [0.1, 0.15) is 35.3 Å². The third-order valence-corrected chi connectivity index (χ3v) is 4.41. The van der Waals surface area contributed by atoms with Gasteiger partial charge in [0.15, 0.2) is 0 Å². The monoisotopic (exact) mass is 239 g/mol. The summed E-state index contributed by atoms with van der Waals surface area (Å²) in [6.45, 7) is 12.2. The van der Waals surface area contributed by atoms with Crippen molar-refractivity contribution in [3.8, 4) is 0 Å². The van der Waals surface area contributed by atoms with Crippen LogP contribution in [0.3, 0.4) is 0 Å². The molecular formula is C12H21N3S. The van der Waals surface area contributed by atoms with E-state index in [1.807, 2.05) is 11.3 Å². The average Bonchev–Trinajstić information content (AvgIpc) is 2.61. The highest BCUT2D eigenvalue weighted by Crippen LogP contribution is 2.26. The van der Waals surface area contributed by atoms with Crippen LogP contribution in [0, 0.1) is 6.92 Å². The standard InChI is InChI=1S/C12H21N3S/c1-9(2)12-10(3)14-11(16-12)8-15-6-4-13-5-7-15/h9,13H,4-8H2,1-3H3. The molecule has 2 rings (SSSR count). The fourth-order valence-corrected chi connectivity index (χ4v) is 3.24. The molecular weight excluding hydrogens is 218 g/mol. The predicted octanol–water partition coefficient (Wildman–Crippen LogP) is 1.98. The molecule has 1 saturated heterocycles. The summed E-state index contributed by atoms with van der Waals surface area (Å²) in [7, 11) is 0. The lowest BCUT2D eigenvalue weighted by Crippen LogP contribution is -2.42. The fourth-order valence-electron chi connectivity index (χ4n) is 2.13. The molecule has 1 aromatic rings. The van der Waals surface area contributed by atoms with Crippen molar-refractivity contribution < 1.29 is 0 Å². The van der Waals surface area contributed by atoms with Gasteiger partial charge in [0.2, 0.25) is 0 Å². The van der Waals surface area contributed by atoms with Crippen LogP contribution in [0.4, 0.5) is 0 Å². The van der Waals surface area contributed by atoms with E-state index in [9.17, 15) is 0 Å². The predicted molar refractivity (Wildman–Crippen MR) is 69.1 cm³/mol. The lowest BCUT2D eigenvalue weighted by atomic mass is 10.1. The Hall–Kier alpha value is -0.450. The van der Waals surface area contributed by atoms with Crippen LogP contribution < -0.4 is 5.32 Å². The summed E-state index contributed by atoms with van der Waals surface area (Å²) in [6.07, 6.45) is 0. The number of aryl methyl sites for hydroxylation is 1. The third-order valence-electron chi connectivity index (χ3n) is 2.97. The molecule has 3 nitrogen and oxygen atoms in total. The van der Waals surface area contributed by atoms with Crippen LogP contribution in [0.2, 0.25) is 0 Å². The number of nitrogens with zero attached hydrogens (tertiary/aromatic N) is 2. The van der Waals surface area contributed by atoms with E-state index in [0.29, 0.717) is 5.92 Å². The second kappa shape index (κ2) is 5.25. The average molecular weight is 239 g/mol. The Kier molecular flexibility index (Phi) is 3.95. The molecule has 2 heterocycles. The van der Waals surface area contributed by atoms with Gasteiger partial charge in [0.05, 0.1) is 12.2 Å². The largest absolute Gasteiger partial charge is 0.314 e. The van der Waals surface area contributed by atoms with Crippen LogP contribution >= 0.6 is 11.3 Å². The molecule has 0 aliphatic carbocycles. The minimum Gasteiger partial charge on any atom is -0.314 e. The number of aromatic nitrogens is 1. The van der Waals surface area contributed by atoms with Gasteiger partial charge in [-0.25, -0.2) is 4.98 Å². The van der Waals surface area contributed by atoms with E-state index < -0.39 is 0 Å². The maximum atomic E-state index is 4.68. The molecule has 1 N–H and O–H groups in total. The first kappa shape index (κ1) is 12.0. The molecule has 0 saturated carbocycles. The van der Waals surface area contributed by atoms with Gasteiger partial charge >= 0.3 is 0 Å². The van der Waals surface area contributed by atoms with E-state index in [0.717, 1.165) is 32.7 Å². The van der Waals surface area contributed by atoms with Crippen molar-refractivity contribution in [3.05, 3.63) is 15.6 Å². The highest BCUT2D eigenvalue weighted by Gasteiger charge is 2.15. The van der Waals surface area contributed by atoms with Crippen molar-refractivity contribution in [1.29, 1.82) is 0 Å². The third kappa shape index (κ3) is 2.81. The summed E-state index contributed by atoms with van der Waals surface area (Å²) in [5.41, 5.74) is 1.23. The Morgan fingerprint density at radius 2 is 2.06 bits per heavy atom. The molecule has 1 aromatic heterocycles. The molecule has 0 amide bonds. The Labute approximate surface area is 102 Å². The topological polar surface area (TPSA) is 28.2 Å². The zero-order valence-corrected chi connectivity index (χ0v) is 11.2. The van der Waals surface area contributed by atoms with Gasteiger partial charge in [0, 0.05) is 31.1 Å². The maximum Gasteiger partial charge on any atom is 0.107 e. The first-order valence-corrected chi connectivity index (χ1v) is 6.87. The van der Waals surface area contributed by atoms with Crippen LogP contribution in [0.25, 0.3) is 0 Å². The smallest absolute Gasteiger partial charge is 0.107 e. The van der Waals surface area contributed by atoms with Crippen molar-refractivity contribution in [2.45, 2.75) is 33.2 Å².